The Labute approximate surface area is 193 Å². The molecule has 0 amide bonds. The summed E-state index contributed by atoms with van der Waals surface area (Å²) in [5.41, 5.74) is 5.81. The number of benzene rings is 2. The first-order valence-electron chi connectivity index (χ1n) is 11.2. The maximum absolute atomic E-state index is 5.91. The number of methoxy groups -OCH3 is 1. The first-order valence-corrected chi connectivity index (χ1v) is 11.2. The minimum atomic E-state index is 0.177. The molecule has 2 aromatic carbocycles. The Morgan fingerprint density at radius 2 is 1.91 bits per heavy atom. The van der Waals surface area contributed by atoms with Crippen LogP contribution in [-0.4, -0.2) is 51.5 Å². The van der Waals surface area contributed by atoms with Crippen LogP contribution in [0.1, 0.15) is 19.5 Å². The van der Waals surface area contributed by atoms with Crippen LogP contribution in [0.5, 0.6) is 5.75 Å². The highest BCUT2D eigenvalue weighted by Gasteiger charge is 2.26. The molecule has 8 heteroatoms. The van der Waals surface area contributed by atoms with E-state index in [9.17, 15) is 0 Å². The molecular weight excluding hydrogens is 416 g/mol. The summed E-state index contributed by atoms with van der Waals surface area (Å²) in [6, 6.07) is 12.3. The monoisotopic (exact) mass is 446 g/mol. The van der Waals surface area contributed by atoms with Crippen molar-refractivity contribution in [2.45, 2.75) is 33.0 Å². The fourth-order valence-corrected chi connectivity index (χ4v) is 4.60. The number of hydrogen-bond donors (Lipinski definition) is 1. The number of imidazole rings is 2. The second kappa shape index (κ2) is 8.44. The number of para-hydroxylation sites is 1. The quantitative estimate of drug-likeness (QED) is 0.489. The Balaban J connectivity index is 1.48. The third-order valence-electron chi connectivity index (χ3n) is 6.04. The van der Waals surface area contributed by atoms with Crippen LogP contribution in [0.2, 0.25) is 0 Å². The average Bonchev–Trinajstić information content (AvgIpc) is 3.37. The third kappa shape index (κ3) is 4.02. The van der Waals surface area contributed by atoms with Crippen molar-refractivity contribution in [2.75, 3.05) is 30.4 Å². The summed E-state index contributed by atoms with van der Waals surface area (Å²) in [6.45, 7) is 7.85. The van der Waals surface area contributed by atoms with Gasteiger partial charge in [0.25, 0.3) is 0 Å². The summed E-state index contributed by atoms with van der Waals surface area (Å²) in [7, 11) is 3.76. The lowest BCUT2D eigenvalue weighted by atomic mass is 10.2. The summed E-state index contributed by atoms with van der Waals surface area (Å²) < 4.78 is 15.7. The molecule has 8 nitrogen and oxygen atoms in total. The number of nitrogens with one attached hydrogen (secondary N) is 1. The minimum absolute atomic E-state index is 0.177. The summed E-state index contributed by atoms with van der Waals surface area (Å²) in [5.74, 6) is 1.73. The predicted octanol–water partition coefficient (Wildman–Crippen LogP) is 4.43. The number of nitrogens with zero attached hydrogens (tertiary/aromatic N) is 5. The summed E-state index contributed by atoms with van der Waals surface area (Å²) in [4.78, 5) is 11.7. The van der Waals surface area contributed by atoms with Gasteiger partial charge in [0.05, 0.1) is 48.2 Å². The van der Waals surface area contributed by atoms with Gasteiger partial charge in [-0.15, -0.1) is 0 Å². The largest absolute Gasteiger partial charge is 0.494 e. The van der Waals surface area contributed by atoms with E-state index in [1.807, 2.05) is 35.9 Å². The highest BCUT2D eigenvalue weighted by molar-refractivity contribution is 5.92. The van der Waals surface area contributed by atoms with E-state index in [1.165, 1.54) is 0 Å². The zero-order valence-corrected chi connectivity index (χ0v) is 19.7. The Morgan fingerprint density at radius 3 is 2.61 bits per heavy atom. The summed E-state index contributed by atoms with van der Waals surface area (Å²) >= 11 is 0. The Bertz CT molecular complexity index is 1280. The molecule has 1 saturated heterocycles. The third-order valence-corrected chi connectivity index (χ3v) is 6.04. The van der Waals surface area contributed by atoms with E-state index >= 15 is 0 Å². The van der Waals surface area contributed by atoms with Crippen LogP contribution in [0.3, 0.4) is 0 Å². The predicted molar refractivity (Wildman–Crippen MR) is 131 cm³/mol. The number of ether oxygens (including phenoxy) is 2. The van der Waals surface area contributed by atoms with Crippen LogP contribution in [0.25, 0.3) is 16.7 Å². The molecule has 1 aliphatic rings. The zero-order chi connectivity index (χ0) is 23.1. The molecule has 3 heterocycles. The van der Waals surface area contributed by atoms with Crippen molar-refractivity contribution in [3.8, 4) is 11.4 Å². The molecule has 33 heavy (non-hydrogen) atoms. The van der Waals surface area contributed by atoms with Gasteiger partial charge in [-0.25, -0.2) is 9.97 Å². The highest BCUT2D eigenvalue weighted by atomic mass is 16.5. The Kier molecular flexibility index (Phi) is 5.46. The van der Waals surface area contributed by atoms with E-state index in [0.29, 0.717) is 0 Å². The number of aryl methyl sites for hydroxylation is 2. The highest BCUT2D eigenvalue weighted by Crippen LogP contribution is 2.33. The lowest BCUT2D eigenvalue weighted by Gasteiger charge is -2.35. The van der Waals surface area contributed by atoms with E-state index in [-0.39, 0.29) is 12.2 Å². The number of aromatic nitrogens is 4. The zero-order valence-electron chi connectivity index (χ0n) is 19.7. The molecule has 0 radical (unpaired) electrons. The molecule has 2 aromatic heterocycles. The van der Waals surface area contributed by atoms with Gasteiger partial charge in [0.15, 0.2) is 0 Å². The van der Waals surface area contributed by atoms with E-state index in [2.05, 4.69) is 58.9 Å². The van der Waals surface area contributed by atoms with Crippen LogP contribution < -0.4 is 15.0 Å². The van der Waals surface area contributed by atoms with Crippen LogP contribution in [-0.2, 0) is 11.8 Å². The lowest BCUT2D eigenvalue weighted by Crippen LogP contribution is -2.46. The molecule has 0 bridgehead atoms. The minimum Gasteiger partial charge on any atom is -0.494 e. The van der Waals surface area contributed by atoms with E-state index in [1.54, 1.807) is 13.4 Å². The van der Waals surface area contributed by atoms with Crippen molar-refractivity contribution >= 4 is 28.4 Å². The molecule has 2 atom stereocenters. The molecule has 4 aromatic rings. The maximum atomic E-state index is 5.91. The molecule has 0 saturated carbocycles. The first-order chi connectivity index (χ1) is 15.9. The van der Waals surface area contributed by atoms with Crippen LogP contribution >= 0.6 is 0 Å². The standard InChI is InChI=1S/C25H30N6O2/c1-16-12-31(15-26-16)21-10-9-19(11-23(21)32-5)27-20-7-6-8-22-24(20)28-25(29(22)4)30-13-17(2)33-18(3)14-30/h6-12,15,17-18,27H,13-14H2,1-5H3. The van der Waals surface area contributed by atoms with Gasteiger partial charge in [-0.3, -0.25) is 0 Å². The first kappa shape index (κ1) is 21.3. The summed E-state index contributed by atoms with van der Waals surface area (Å²) in [5, 5.41) is 3.54. The second-order valence-electron chi connectivity index (χ2n) is 8.74. The topological polar surface area (TPSA) is 69.4 Å². The van der Waals surface area contributed by atoms with Gasteiger partial charge in [-0.1, -0.05) is 6.07 Å². The van der Waals surface area contributed by atoms with E-state index < -0.39 is 0 Å². The van der Waals surface area contributed by atoms with Crippen molar-refractivity contribution in [2.24, 2.45) is 7.05 Å². The van der Waals surface area contributed by atoms with Crippen molar-refractivity contribution in [1.82, 2.24) is 19.1 Å². The number of rotatable bonds is 5. The SMILES string of the molecule is COc1cc(Nc2cccc3c2nc(N2CC(C)OC(C)C2)n3C)ccc1-n1cnc(C)c1. The molecule has 1 N–H and O–H groups in total. The van der Waals surface area contributed by atoms with Crippen molar-refractivity contribution in [3.63, 3.8) is 0 Å². The number of morpholine rings is 1. The van der Waals surface area contributed by atoms with Crippen LogP contribution in [0, 0.1) is 6.92 Å². The van der Waals surface area contributed by atoms with Crippen molar-refractivity contribution in [3.05, 3.63) is 54.6 Å². The fourth-order valence-electron chi connectivity index (χ4n) is 4.60. The molecule has 172 valence electrons. The number of fused-ring (bicyclic) bond motifs is 1. The van der Waals surface area contributed by atoms with Crippen LogP contribution in [0.15, 0.2) is 48.9 Å². The van der Waals surface area contributed by atoms with Gasteiger partial charge >= 0.3 is 0 Å². The van der Waals surface area contributed by atoms with Gasteiger partial charge < -0.3 is 28.8 Å². The number of hydrogen-bond acceptors (Lipinski definition) is 6. The molecule has 5 rings (SSSR count). The van der Waals surface area contributed by atoms with Crippen molar-refractivity contribution < 1.29 is 9.47 Å². The Morgan fingerprint density at radius 1 is 1.12 bits per heavy atom. The number of anilines is 3. The van der Waals surface area contributed by atoms with Gasteiger partial charge in [0.2, 0.25) is 5.95 Å². The molecule has 0 aliphatic carbocycles. The maximum Gasteiger partial charge on any atom is 0.206 e. The van der Waals surface area contributed by atoms with Gasteiger partial charge in [-0.2, -0.15) is 0 Å². The lowest BCUT2D eigenvalue weighted by molar-refractivity contribution is -0.00582. The summed E-state index contributed by atoms with van der Waals surface area (Å²) in [6.07, 6.45) is 4.13. The molecule has 1 fully saturated rings. The Hall–Kier alpha value is -3.52. The molecule has 1 aliphatic heterocycles. The molecular formula is C25H30N6O2. The average molecular weight is 447 g/mol. The fraction of sp³-hybridized carbons (Fsp3) is 0.360. The molecule has 0 spiro atoms. The molecule has 2 unspecified atom stereocenters. The normalized spacial score (nSPS) is 18.6. The van der Waals surface area contributed by atoms with Crippen LogP contribution in [0.4, 0.5) is 17.3 Å². The smallest absolute Gasteiger partial charge is 0.206 e. The van der Waals surface area contributed by atoms with Gasteiger partial charge in [-0.05, 0) is 45.0 Å². The van der Waals surface area contributed by atoms with Gasteiger partial charge in [0, 0.05) is 38.1 Å². The van der Waals surface area contributed by atoms with E-state index in [0.717, 1.165) is 58.6 Å². The second-order valence-corrected chi connectivity index (χ2v) is 8.74. The van der Waals surface area contributed by atoms with Crippen molar-refractivity contribution in [1.29, 1.82) is 0 Å². The van der Waals surface area contributed by atoms with Gasteiger partial charge in [0.1, 0.15) is 11.3 Å². The van der Waals surface area contributed by atoms with E-state index in [4.69, 9.17) is 14.5 Å².